The van der Waals surface area contributed by atoms with Crippen LogP contribution in [-0.4, -0.2) is 47.5 Å². The number of fused-ring (bicyclic) bond motifs is 1. The maximum Gasteiger partial charge on any atom is 0.339 e. The number of hydrogen-bond donors (Lipinski definition) is 4. The SMILES string of the molecule is CNC(=O)NC1CCCC1.COc1c(C(=O)O)ccc2[nH]nc(/C=C/c3ccc(F)cc3)c12. The second kappa shape index (κ2) is 11.1. The van der Waals surface area contributed by atoms with Gasteiger partial charge in [-0.1, -0.05) is 31.1 Å². The Labute approximate surface area is 190 Å². The molecule has 9 heteroatoms. The highest BCUT2D eigenvalue weighted by atomic mass is 19.1. The summed E-state index contributed by atoms with van der Waals surface area (Å²) >= 11 is 0. The zero-order valence-corrected chi connectivity index (χ0v) is 18.5. The number of aromatic nitrogens is 2. The number of methoxy groups -OCH3 is 1. The highest BCUT2D eigenvalue weighted by Crippen LogP contribution is 2.32. The van der Waals surface area contributed by atoms with Gasteiger partial charge in [-0.25, -0.2) is 14.0 Å². The molecule has 1 saturated carbocycles. The molecule has 1 aliphatic carbocycles. The van der Waals surface area contributed by atoms with Crippen LogP contribution in [0.2, 0.25) is 0 Å². The molecule has 3 aromatic rings. The number of carboxylic acids is 1. The predicted molar refractivity (Wildman–Crippen MR) is 125 cm³/mol. The number of rotatable bonds is 5. The Morgan fingerprint density at radius 2 is 1.85 bits per heavy atom. The number of carboxylic acid groups (broad SMARTS) is 1. The molecule has 1 heterocycles. The van der Waals surface area contributed by atoms with E-state index >= 15 is 0 Å². The first-order valence-electron chi connectivity index (χ1n) is 10.6. The van der Waals surface area contributed by atoms with Crippen molar-refractivity contribution in [1.82, 2.24) is 20.8 Å². The van der Waals surface area contributed by atoms with E-state index in [1.54, 1.807) is 37.4 Å². The average Bonchev–Trinajstić information content (AvgIpc) is 3.48. The standard InChI is InChI=1S/C17H13FN2O3.C7H14N2O/c1-23-16-12(17(21)22)7-9-14-15(16)13(19-20-14)8-4-10-2-5-11(18)6-3-10;1-8-7(10)9-6-4-2-3-5-6/h2-9H,1H3,(H,19,20)(H,21,22);6H,2-5H2,1H3,(H2,8,9,10)/b8-4+;. The molecular formula is C24H27FN4O4. The van der Waals surface area contributed by atoms with Crippen molar-refractivity contribution in [2.75, 3.05) is 14.2 Å². The van der Waals surface area contributed by atoms with Gasteiger partial charge in [-0.05, 0) is 48.7 Å². The lowest BCUT2D eigenvalue weighted by Crippen LogP contribution is -2.38. The molecule has 0 atom stereocenters. The summed E-state index contributed by atoms with van der Waals surface area (Å²) in [6.45, 7) is 0. The second-order valence-electron chi connectivity index (χ2n) is 7.57. The monoisotopic (exact) mass is 454 g/mol. The second-order valence-corrected chi connectivity index (χ2v) is 7.57. The van der Waals surface area contributed by atoms with E-state index in [1.165, 1.54) is 38.2 Å². The number of aromatic carboxylic acids is 1. The van der Waals surface area contributed by atoms with Gasteiger partial charge >= 0.3 is 12.0 Å². The van der Waals surface area contributed by atoms with Gasteiger partial charge in [-0.3, -0.25) is 5.10 Å². The van der Waals surface area contributed by atoms with Gasteiger partial charge in [0.25, 0.3) is 0 Å². The van der Waals surface area contributed by atoms with E-state index in [-0.39, 0.29) is 23.2 Å². The molecule has 0 unspecified atom stereocenters. The van der Waals surface area contributed by atoms with Crippen molar-refractivity contribution in [2.24, 2.45) is 0 Å². The van der Waals surface area contributed by atoms with Gasteiger partial charge in [0, 0.05) is 13.1 Å². The largest absolute Gasteiger partial charge is 0.495 e. The normalized spacial score (nSPS) is 13.5. The minimum atomic E-state index is -1.07. The summed E-state index contributed by atoms with van der Waals surface area (Å²) < 4.78 is 18.2. The maximum atomic E-state index is 12.9. The van der Waals surface area contributed by atoms with E-state index in [4.69, 9.17) is 4.74 Å². The first-order valence-corrected chi connectivity index (χ1v) is 10.6. The fourth-order valence-electron chi connectivity index (χ4n) is 3.68. The number of H-pyrrole nitrogens is 1. The Hall–Kier alpha value is -3.88. The van der Waals surface area contributed by atoms with E-state index in [2.05, 4.69) is 20.8 Å². The number of halogens is 1. The molecule has 0 saturated heterocycles. The van der Waals surface area contributed by atoms with Crippen LogP contribution in [0.3, 0.4) is 0 Å². The van der Waals surface area contributed by atoms with E-state index in [0.29, 0.717) is 22.6 Å². The summed E-state index contributed by atoms with van der Waals surface area (Å²) in [4.78, 5) is 22.1. The van der Waals surface area contributed by atoms with Crippen LogP contribution in [-0.2, 0) is 0 Å². The van der Waals surface area contributed by atoms with Gasteiger partial charge < -0.3 is 20.5 Å². The fraction of sp³-hybridized carbons (Fsp3) is 0.292. The minimum Gasteiger partial charge on any atom is -0.495 e. The van der Waals surface area contributed by atoms with Crippen LogP contribution in [0.15, 0.2) is 36.4 Å². The van der Waals surface area contributed by atoms with Gasteiger partial charge in [0.05, 0.1) is 23.7 Å². The maximum absolute atomic E-state index is 12.9. The number of benzene rings is 2. The van der Waals surface area contributed by atoms with Crippen molar-refractivity contribution >= 4 is 35.1 Å². The lowest BCUT2D eigenvalue weighted by Gasteiger charge is -2.10. The van der Waals surface area contributed by atoms with Crippen LogP contribution in [0.25, 0.3) is 23.1 Å². The summed E-state index contributed by atoms with van der Waals surface area (Å²) in [6.07, 6.45) is 8.30. The molecular weight excluding hydrogens is 427 g/mol. The number of carbonyl (C=O) groups excluding carboxylic acids is 1. The number of hydrogen-bond acceptors (Lipinski definition) is 4. The molecule has 0 bridgehead atoms. The van der Waals surface area contributed by atoms with Crippen LogP contribution in [0.1, 0.15) is 47.3 Å². The number of carbonyl (C=O) groups is 2. The summed E-state index contributed by atoms with van der Waals surface area (Å²) in [7, 11) is 3.06. The third-order valence-corrected chi connectivity index (χ3v) is 5.37. The third kappa shape index (κ3) is 6.09. The van der Waals surface area contributed by atoms with Crippen molar-refractivity contribution in [3.05, 3.63) is 59.0 Å². The number of aromatic amines is 1. The highest BCUT2D eigenvalue weighted by Gasteiger charge is 2.18. The first kappa shape index (κ1) is 23.8. The molecule has 1 aromatic heterocycles. The van der Waals surface area contributed by atoms with Gasteiger partial charge in [0.15, 0.2) is 0 Å². The van der Waals surface area contributed by atoms with E-state index in [1.807, 2.05) is 0 Å². The topological polar surface area (TPSA) is 116 Å². The van der Waals surface area contributed by atoms with Crippen molar-refractivity contribution in [3.8, 4) is 5.75 Å². The van der Waals surface area contributed by atoms with Crippen molar-refractivity contribution in [2.45, 2.75) is 31.7 Å². The third-order valence-electron chi connectivity index (χ3n) is 5.37. The lowest BCUT2D eigenvalue weighted by atomic mass is 10.1. The number of nitrogens with zero attached hydrogens (tertiary/aromatic N) is 1. The Morgan fingerprint density at radius 1 is 1.15 bits per heavy atom. The highest BCUT2D eigenvalue weighted by molar-refractivity contribution is 6.02. The van der Waals surface area contributed by atoms with E-state index in [9.17, 15) is 19.1 Å². The van der Waals surface area contributed by atoms with E-state index in [0.717, 1.165) is 18.4 Å². The molecule has 174 valence electrons. The van der Waals surface area contributed by atoms with Gasteiger partial charge in [0.1, 0.15) is 17.1 Å². The van der Waals surface area contributed by atoms with Crippen LogP contribution in [0, 0.1) is 5.82 Å². The molecule has 2 aromatic carbocycles. The van der Waals surface area contributed by atoms with Crippen molar-refractivity contribution in [1.29, 1.82) is 0 Å². The fourth-order valence-corrected chi connectivity index (χ4v) is 3.68. The quantitative estimate of drug-likeness (QED) is 0.455. The van der Waals surface area contributed by atoms with Gasteiger partial charge in [-0.2, -0.15) is 5.10 Å². The van der Waals surface area contributed by atoms with Crippen LogP contribution >= 0.6 is 0 Å². The Kier molecular flexibility index (Phi) is 8.01. The predicted octanol–water partition coefficient (Wildman–Crippen LogP) is 4.44. The molecule has 0 aliphatic heterocycles. The van der Waals surface area contributed by atoms with E-state index < -0.39 is 5.97 Å². The summed E-state index contributed by atoms with van der Waals surface area (Å²) in [6, 6.07) is 9.50. The summed E-state index contributed by atoms with van der Waals surface area (Å²) in [5.41, 5.74) is 2.09. The molecule has 33 heavy (non-hydrogen) atoms. The van der Waals surface area contributed by atoms with Crippen LogP contribution in [0.4, 0.5) is 9.18 Å². The zero-order chi connectivity index (χ0) is 23.8. The molecule has 0 radical (unpaired) electrons. The Balaban J connectivity index is 0.000000257. The average molecular weight is 455 g/mol. The van der Waals surface area contributed by atoms with Gasteiger partial charge in [-0.15, -0.1) is 0 Å². The molecule has 0 spiro atoms. The zero-order valence-electron chi connectivity index (χ0n) is 18.5. The Morgan fingerprint density at radius 3 is 2.45 bits per heavy atom. The van der Waals surface area contributed by atoms with Crippen LogP contribution < -0.4 is 15.4 Å². The minimum absolute atomic E-state index is 0.0492. The van der Waals surface area contributed by atoms with Crippen molar-refractivity contribution < 1.29 is 23.8 Å². The first-order chi connectivity index (χ1) is 15.9. The number of ether oxygens (including phenoxy) is 1. The molecule has 4 N–H and O–H groups in total. The summed E-state index contributed by atoms with van der Waals surface area (Å²) in [5, 5.41) is 22.3. The lowest BCUT2D eigenvalue weighted by molar-refractivity contribution is 0.0693. The number of urea groups is 1. The molecule has 1 aliphatic rings. The molecule has 2 amide bonds. The smallest absolute Gasteiger partial charge is 0.339 e. The number of amides is 2. The number of nitrogens with one attached hydrogen (secondary N) is 3. The summed E-state index contributed by atoms with van der Waals surface area (Å²) in [5.74, 6) is -1.12. The molecule has 4 rings (SSSR count). The molecule has 8 nitrogen and oxygen atoms in total. The van der Waals surface area contributed by atoms with Crippen LogP contribution in [0.5, 0.6) is 5.75 Å². The molecule has 1 fully saturated rings. The van der Waals surface area contributed by atoms with Gasteiger partial charge in [0.2, 0.25) is 0 Å². The Bertz CT molecular complexity index is 1140. The van der Waals surface area contributed by atoms with Crippen molar-refractivity contribution in [3.63, 3.8) is 0 Å².